The van der Waals surface area contributed by atoms with Crippen molar-refractivity contribution in [1.82, 2.24) is 14.7 Å². The Morgan fingerprint density at radius 2 is 2.08 bits per heavy atom. The van der Waals surface area contributed by atoms with Gasteiger partial charge in [0, 0.05) is 24.9 Å². The quantitative estimate of drug-likeness (QED) is 0.815. The fourth-order valence-electron chi connectivity index (χ4n) is 2.89. The molecule has 1 aliphatic heterocycles. The Bertz CT molecular complexity index is 734. The average Bonchev–Trinajstić information content (AvgIpc) is 2.99. The molecule has 1 unspecified atom stereocenters. The second-order valence-corrected chi connectivity index (χ2v) is 6.75. The summed E-state index contributed by atoms with van der Waals surface area (Å²) >= 11 is 0. The van der Waals surface area contributed by atoms with Gasteiger partial charge in [0.15, 0.2) is 0 Å². The van der Waals surface area contributed by atoms with Crippen molar-refractivity contribution in [2.75, 3.05) is 13.2 Å². The molecule has 1 aromatic carbocycles. The lowest BCUT2D eigenvalue weighted by Gasteiger charge is -2.45. The van der Waals surface area contributed by atoms with Gasteiger partial charge >= 0.3 is 0 Å². The molecule has 126 valence electrons. The molecule has 5 heteroatoms. The Kier molecular flexibility index (Phi) is 4.53. The summed E-state index contributed by atoms with van der Waals surface area (Å²) in [6, 6.07) is 10.0. The van der Waals surface area contributed by atoms with Gasteiger partial charge < -0.3 is 9.64 Å². The fraction of sp³-hybridized carbons (Fsp3) is 0.368. The molecule has 0 saturated carbocycles. The Morgan fingerprint density at radius 3 is 2.75 bits per heavy atom. The molecule has 24 heavy (non-hydrogen) atoms. The number of carbonyl (C=O) groups excluding carboxylic acids is 1. The van der Waals surface area contributed by atoms with E-state index in [1.54, 1.807) is 23.0 Å². The Labute approximate surface area is 142 Å². The van der Waals surface area contributed by atoms with Gasteiger partial charge in [-0.3, -0.25) is 9.48 Å². The van der Waals surface area contributed by atoms with Gasteiger partial charge in [-0.25, -0.2) is 0 Å². The molecule has 0 radical (unpaired) electrons. The van der Waals surface area contributed by atoms with E-state index in [1.165, 1.54) is 0 Å². The maximum atomic E-state index is 12.7. The monoisotopic (exact) mass is 325 g/mol. The molecule has 1 aliphatic rings. The van der Waals surface area contributed by atoms with Crippen LogP contribution in [0.25, 0.3) is 6.08 Å². The van der Waals surface area contributed by atoms with E-state index in [0.717, 1.165) is 11.1 Å². The summed E-state index contributed by atoms with van der Waals surface area (Å²) in [6.45, 7) is 5.13. The van der Waals surface area contributed by atoms with Gasteiger partial charge in [0.05, 0.1) is 24.9 Å². The number of carbonyl (C=O) groups is 1. The van der Waals surface area contributed by atoms with Crippen molar-refractivity contribution in [2.45, 2.75) is 25.5 Å². The zero-order chi connectivity index (χ0) is 17.2. The van der Waals surface area contributed by atoms with E-state index in [9.17, 15) is 4.79 Å². The molecule has 0 spiro atoms. The summed E-state index contributed by atoms with van der Waals surface area (Å²) in [4.78, 5) is 14.6. The van der Waals surface area contributed by atoms with Crippen LogP contribution in [0.3, 0.4) is 0 Å². The molecule has 1 amide bonds. The van der Waals surface area contributed by atoms with Crippen molar-refractivity contribution in [3.8, 4) is 0 Å². The standard InChI is InChI=1S/C19H23N3O2/c1-19(2)14-24-17(16-7-5-4-6-8-16)13-22(19)18(23)10-9-15-11-20-21(3)12-15/h4-12,17H,13-14H2,1-3H3. The Morgan fingerprint density at radius 1 is 1.33 bits per heavy atom. The minimum atomic E-state index is -0.332. The minimum Gasteiger partial charge on any atom is -0.369 e. The number of rotatable bonds is 3. The molecule has 1 saturated heterocycles. The molecule has 0 aliphatic carbocycles. The van der Waals surface area contributed by atoms with Gasteiger partial charge in [0.1, 0.15) is 6.10 Å². The van der Waals surface area contributed by atoms with Crippen molar-refractivity contribution in [1.29, 1.82) is 0 Å². The molecule has 0 bridgehead atoms. The highest BCUT2D eigenvalue weighted by Gasteiger charge is 2.37. The topological polar surface area (TPSA) is 47.4 Å². The highest BCUT2D eigenvalue weighted by Crippen LogP contribution is 2.30. The van der Waals surface area contributed by atoms with Gasteiger partial charge in [-0.15, -0.1) is 0 Å². The highest BCUT2D eigenvalue weighted by molar-refractivity contribution is 5.92. The SMILES string of the molecule is Cn1cc(C=CC(=O)N2CC(c3ccccc3)OCC2(C)C)cn1. The second-order valence-electron chi connectivity index (χ2n) is 6.75. The van der Waals surface area contributed by atoms with Crippen molar-refractivity contribution in [3.05, 3.63) is 59.9 Å². The summed E-state index contributed by atoms with van der Waals surface area (Å²) in [6.07, 6.45) is 6.95. The first-order chi connectivity index (χ1) is 11.5. The van der Waals surface area contributed by atoms with E-state index in [1.807, 2.05) is 62.3 Å². The minimum absolute atomic E-state index is 0.00640. The highest BCUT2D eigenvalue weighted by atomic mass is 16.5. The van der Waals surface area contributed by atoms with E-state index in [0.29, 0.717) is 13.2 Å². The lowest BCUT2D eigenvalue weighted by Crippen LogP contribution is -2.55. The number of ether oxygens (including phenoxy) is 1. The summed E-state index contributed by atoms with van der Waals surface area (Å²) in [5, 5.41) is 4.11. The zero-order valence-corrected chi connectivity index (χ0v) is 14.3. The first-order valence-corrected chi connectivity index (χ1v) is 8.10. The van der Waals surface area contributed by atoms with Gasteiger partial charge in [-0.05, 0) is 25.5 Å². The largest absolute Gasteiger partial charge is 0.369 e. The smallest absolute Gasteiger partial charge is 0.247 e. The Hall–Kier alpha value is -2.40. The molecule has 1 fully saturated rings. The molecular weight excluding hydrogens is 302 g/mol. The molecule has 0 N–H and O–H groups in total. The third kappa shape index (κ3) is 3.57. The third-order valence-corrected chi connectivity index (χ3v) is 4.30. The first kappa shape index (κ1) is 16.5. The number of aromatic nitrogens is 2. The molecule has 5 nitrogen and oxygen atoms in total. The van der Waals surface area contributed by atoms with E-state index in [4.69, 9.17) is 4.74 Å². The zero-order valence-electron chi connectivity index (χ0n) is 14.3. The fourth-order valence-corrected chi connectivity index (χ4v) is 2.89. The van der Waals surface area contributed by atoms with E-state index in [-0.39, 0.29) is 17.6 Å². The predicted molar refractivity (Wildman–Crippen MR) is 93.2 cm³/mol. The van der Waals surface area contributed by atoms with E-state index < -0.39 is 0 Å². The van der Waals surface area contributed by atoms with Crippen LogP contribution < -0.4 is 0 Å². The summed E-state index contributed by atoms with van der Waals surface area (Å²) in [7, 11) is 1.86. The normalized spacial score (nSPS) is 20.5. The van der Waals surface area contributed by atoms with Crippen molar-refractivity contribution in [3.63, 3.8) is 0 Å². The van der Waals surface area contributed by atoms with Crippen molar-refractivity contribution in [2.24, 2.45) is 7.05 Å². The van der Waals surface area contributed by atoms with Gasteiger partial charge in [0.2, 0.25) is 5.91 Å². The summed E-state index contributed by atoms with van der Waals surface area (Å²) in [5.41, 5.74) is 1.68. The number of amides is 1. The molecular formula is C19H23N3O2. The van der Waals surface area contributed by atoms with Crippen LogP contribution in [0.5, 0.6) is 0 Å². The number of benzene rings is 1. The summed E-state index contributed by atoms with van der Waals surface area (Å²) in [5.74, 6) is -0.00640. The van der Waals surface area contributed by atoms with Gasteiger partial charge in [0.25, 0.3) is 0 Å². The van der Waals surface area contributed by atoms with Crippen molar-refractivity contribution >= 4 is 12.0 Å². The number of nitrogens with zero attached hydrogens (tertiary/aromatic N) is 3. The van der Waals surface area contributed by atoms with Crippen LogP contribution in [0.1, 0.15) is 31.1 Å². The number of hydrogen-bond acceptors (Lipinski definition) is 3. The van der Waals surface area contributed by atoms with Crippen LogP contribution in [-0.2, 0) is 16.6 Å². The van der Waals surface area contributed by atoms with Crippen LogP contribution >= 0.6 is 0 Å². The average molecular weight is 325 g/mol. The van der Waals surface area contributed by atoms with Crippen molar-refractivity contribution < 1.29 is 9.53 Å². The van der Waals surface area contributed by atoms with E-state index in [2.05, 4.69) is 5.10 Å². The lowest BCUT2D eigenvalue weighted by molar-refractivity contribution is -0.149. The number of hydrogen-bond donors (Lipinski definition) is 0. The van der Waals surface area contributed by atoms with Gasteiger partial charge in [-0.1, -0.05) is 30.3 Å². The predicted octanol–water partition coefficient (Wildman–Crippen LogP) is 2.81. The lowest BCUT2D eigenvalue weighted by atomic mass is 9.98. The third-order valence-electron chi connectivity index (χ3n) is 4.30. The number of morpholine rings is 1. The van der Waals surface area contributed by atoms with Crippen LogP contribution in [0.15, 0.2) is 48.8 Å². The molecule has 1 atom stereocenters. The van der Waals surface area contributed by atoms with Crippen LogP contribution in [0, 0.1) is 0 Å². The van der Waals surface area contributed by atoms with Crippen LogP contribution in [0.4, 0.5) is 0 Å². The Balaban J connectivity index is 1.75. The molecule has 2 aromatic rings. The second kappa shape index (κ2) is 6.61. The van der Waals surface area contributed by atoms with Crippen LogP contribution in [-0.4, -0.2) is 39.3 Å². The molecule has 3 rings (SSSR count). The number of aryl methyl sites for hydroxylation is 1. The molecule has 1 aromatic heterocycles. The maximum absolute atomic E-state index is 12.7. The van der Waals surface area contributed by atoms with Gasteiger partial charge in [-0.2, -0.15) is 5.10 Å². The first-order valence-electron chi connectivity index (χ1n) is 8.10. The van der Waals surface area contributed by atoms with Crippen LogP contribution in [0.2, 0.25) is 0 Å². The summed E-state index contributed by atoms with van der Waals surface area (Å²) < 4.78 is 7.71. The molecule has 2 heterocycles. The maximum Gasteiger partial charge on any atom is 0.247 e. The van der Waals surface area contributed by atoms with E-state index >= 15 is 0 Å².